The molecule has 0 aliphatic carbocycles. The van der Waals surface area contributed by atoms with Gasteiger partial charge in [0, 0.05) is 23.2 Å². The quantitative estimate of drug-likeness (QED) is 0.659. The normalized spacial score (nSPS) is 11.0. The average Bonchev–Trinajstić information content (AvgIpc) is 3.14. The number of esters is 1. The molecule has 0 aliphatic rings. The largest absolute Gasteiger partial charge is 0.452 e. The Kier molecular flexibility index (Phi) is 5.73. The van der Waals surface area contributed by atoms with E-state index in [-0.39, 0.29) is 12.6 Å². The Morgan fingerprint density at radius 2 is 1.96 bits per heavy atom. The summed E-state index contributed by atoms with van der Waals surface area (Å²) in [5, 5.41) is 7.61. The van der Waals surface area contributed by atoms with Gasteiger partial charge >= 0.3 is 5.97 Å². The lowest BCUT2D eigenvalue weighted by Gasteiger charge is -2.14. The van der Waals surface area contributed by atoms with E-state index in [1.165, 1.54) is 0 Å². The number of fused-ring (bicyclic) bond motifs is 1. The van der Waals surface area contributed by atoms with E-state index in [9.17, 15) is 9.59 Å². The molecular formula is C21H24N4O3. The second kappa shape index (κ2) is 8.21. The number of pyridine rings is 1. The lowest BCUT2D eigenvalue weighted by Crippen LogP contribution is -2.23. The Labute approximate surface area is 163 Å². The molecule has 3 aromatic rings. The predicted octanol–water partition coefficient (Wildman–Crippen LogP) is 3.68. The lowest BCUT2D eigenvalue weighted by atomic mass is 10.0. The number of nitrogens with one attached hydrogen (secondary N) is 1. The number of nitrogens with zero attached hydrogens (tertiary/aromatic N) is 3. The number of hydrogen-bond donors (Lipinski definition) is 1. The van der Waals surface area contributed by atoms with Gasteiger partial charge in [-0.05, 0) is 38.8 Å². The Morgan fingerprint density at radius 3 is 2.68 bits per heavy atom. The van der Waals surface area contributed by atoms with Crippen LogP contribution in [0.4, 0.5) is 5.82 Å². The summed E-state index contributed by atoms with van der Waals surface area (Å²) in [5.41, 5.74) is 2.82. The predicted molar refractivity (Wildman–Crippen MR) is 107 cm³/mol. The zero-order valence-corrected chi connectivity index (χ0v) is 16.5. The fraction of sp³-hybridized carbons (Fsp3) is 0.333. The molecule has 0 aliphatic heterocycles. The molecule has 0 saturated carbocycles. The van der Waals surface area contributed by atoms with Gasteiger partial charge in [0.05, 0.1) is 17.3 Å². The number of hydrogen-bond acceptors (Lipinski definition) is 5. The first-order valence-electron chi connectivity index (χ1n) is 9.31. The van der Waals surface area contributed by atoms with Crippen LogP contribution in [0.2, 0.25) is 0 Å². The first-order chi connectivity index (χ1) is 13.4. The van der Waals surface area contributed by atoms with Crippen molar-refractivity contribution in [2.24, 2.45) is 0 Å². The third-order valence-electron chi connectivity index (χ3n) is 4.54. The smallest absolute Gasteiger partial charge is 0.339 e. The molecule has 3 rings (SSSR count). The highest BCUT2D eigenvalue weighted by Gasteiger charge is 2.20. The fourth-order valence-electron chi connectivity index (χ4n) is 3.17. The summed E-state index contributed by atoms with van der Waals surface area (Å²) >= 11 is 0. The SMILES string of the molecule is CCc1nc2ccccc2c(C(=O)OCC(=O)Nc2ccnn2C(C)C)c1C. The first-order valence-corrected chi connectivity index (χ1v) is 9.31. The maximum absolute atomic E-state index is 12.8. The van der Waals surface area contributed by atoms with Gasteiger partial charge in [0.25, 0.3) is 5.91 Å². The zero-order valence-electron chi connectivity index (χ0n) is 16.5. The summed E-state index contributed by atoms with van der Waals surface area (Å²) in [4.78, 5) is 29.6. The third-order valence-corrected chi connectivity index (χ3v) is 4.54. The molecular weight excluding hydrogens is 356 g/mol. The molecule has 2 aromatic heterocycles. The fourth-order valence-corrected chi connectivity index (χ4v) is 3.17. The van der Waals surface area contributed by atoms with E-state index in [0.717, 1.165) is 22.2 Å². The van der Waals surface area contributed by atoms with E-state index in [0.29, 0.717) is 17.8 Å². The number of aryl methyl sites for hydroxylation is 1. The van der Waals surface area contributed by atoms with Gasteiger partial charge in [-0.2, -0.15) is 5.10 Å². The first kappa shape index (κ1) is 19.5. The maximum Gasteiger partial charge on any atom is 0.339 e. The minimum absolute atomic E-state index is 0.103. The van der Waals surface area contributed by atoms with Crippen LogP contribution < -0.4 is 5.32 Å². The van der Waals surface area contributed by atoms with Crippen molar-refractivity contribution >= 4 is 28.6 Å². The van der Waals surface area contributed by atoms with Crippen LogP contribution in [0.15, 0.2) is 36.5 Å². The molecule has 1 aromatic carbocycles. The summed E-state index contributed by atoms with van der Waals surface area (Å²) in [6.07, 6.45) is 2.32. The van der Waals surface area contributed by atoms with Crippen LogP contribution in [0.1, 0.15) is 48.4 Å². The molecule has 0 spiro atoms. The van der Waals surface area contributed by atoms with Crippen LogP contribution in [0, 0.1) is 6.92 Å². The second-order valence-electron chi connectivity index (χ2n) is 6.81. The van der Waals surface area contributed by atoms with E-state index in [4.69, 9.17) is 4.74 Å². The molecule has 0 unspecified atom stereocenters. The number of amides is 1. The van der Waals surface area contributed by atoms with E-state index >= 15 is 0 Å². The summed E-state index contributed by atoms with van der Waals surface area (Å²) in [7, 11) is 0. The second-order valence-corrected chi connectivity index (χ2v) is 6.81. The van der Waals surface area contributed by atoms with E-state index < -0.39 is 11.9 Å². The lowest BCUT2D eigenvalue weighted by molar-refractivity contribution is -0.119. The minimum atomic E-state index is -0.529. The van der Waals surface area contributed by atoms with Gasteiger partial charge in [-0.15, -0.1) is 0 Å². The zero-order chi connectivity index (χ0) is 20.3. The van der Waals surface area contributed by atoms with Crippen molar-refractivity contribution < 1.29 is 14.3 Å². The highest BCUT2D eigenvalue weighted by atomic mass is 16.5. The van der Waals surface area contributed by atoms with Crippen molar-refractivity contribution in [3.05, 3.63) is 53.3 Å². The Hall–Kier alpha value is -3.22. The van der Waals surface area contributed by atoms with Gasteiger partial charge in [-0.3, -0.25) is 9.78 Å². The highest BCUT2D eigenvalue weighted by Crippen LogP contribution is 2.24. The monoisotopic (exact) mass is 380 g/mol. The van der Waals surface area contributed by atoms with Gasteiger partial charge in [0.15, 0.2) is 6.61 Å². The number of ether oxygens (including phenoxy) is 1. The minimum Gasteiger partial charge on any atom is -0.452 e. The van der Waals surface area contributed by atoms with E-state index in [1.807, 2.05) is 52.0 Å². The molecule has 0 radical (unpaired) electrons. The summed E-state index contributed by atoms with van der Waals surface area (Å²) < 4.78 is 7.01. The molecule has 0 saturated heterocycles. The van der Waals surface area contributed by atoms with E-state index in [1.54, 1.807) is 16.9 Å². The van der Waals surface area contributed by atoms with Crippen LogP contribution >= 0.6 is 0 Å². The number of carbonyl (C=O) groups excluding carboxylic acids is 2. The van der Waals surface area contributed by atoms with Crippen molar-refractivity contribution in [2.75, 3.05) is 11.9 Å². The summed E-state index contributed by atoms with van der Waals surface area (Å²) in [6.45, 7) is 7.40. The van der Waals surface area contributed by atoms with Crippen LogP contribution in [0.3, 0.4) is 0 Å². The van der Waals surface area contributed by atoms with Crippen molar-refractivity contribution in [3.63, 3.8) is 0 Å². The highest BCUT2D eigenvalue weighted by molar-refractivity contribution is 6.05. The molecule has 0 fully saturated rings. The topological polar surface area (TPSA) is 86.1 Å². The van der Waals surface area contributed by atoms with Gasteiger partial charge < -0.3 is 10.1 Å². The summed E-state index contributed by atoms with van der Waals surface area (Å²) in [6, 6.07) is 9.24. The van der Waals surface area contributed by atoms with Crippen LogP contribution in [-0.4, -0.2) is 33.2 Å². The van der Waals surface area contributed by atoms with Crippen molar-refractivity contribution in [2.45, 2.75) is 40.2 Å². The van der Waals surface area contributed by atoms with Gasteiger partial charge in [-0.25, -0.2) is 9.48 Å². The van der Waals surface area contributed by atoms with Crippen molar-refractivity contribution in [1.29, 1.82) is 0 Å². The van der Waals surface area contributed by atoms with Gasteiger partial charge in [0.2, 0.25) is 0 Å². The molecule has 0 atom stereocenters. The number of para-hydroxylation sites is 1. The Bertz CT molecular complexity index is 1020. The maximum atomic E-state index is 12.8. The third kappa shape index (κ3) is 3.88. The number of aromatic nitrogens is 3. The van der Waals surface area contributed by atoms with Crippen LogP contribution in [0.25, 0.3) is 10.9 Å². The van der Waals surface area contributed by atoms with Crippen molar-refractivity contribution in [1.82, 2.24) is 14.8 Å². The van der Waals surface area contributed by atoms with Crippen LogP contribution in [-0.2, 0) is 16.0 Å². The molecule has 146 valence electrons. The molecule has 2 heterocycles. The number of carbonyl (C=O) groups is 2. The molecule has 1 N–H and O–H groups in total. The Balaban J connectivity index is 1.77. The molecule has 28 heavy (non-hydrogen) atoms. The average molecular weight is 380 g/mol. The number of rotatable bonds is 6. The van der Waals surface area contributed by atoms with Crippen LogP contribution in [0.5, 0.6) is 0 Å². The summed E-state index contributed by atoms with van der Waals surface area (Å²) in [5.74, 6) is -0.379. The molecule has 0 bridgehead atoms. The van der Waals surface area contributed by atoms with Gasteiger partial charge in [-0.1, -0.05) is 25.1 Å². The van der Waals surface area contributed by atoms with Gasteiger partial charge in [0.1, 0.15) is 5.82 Å². The van der Waals surface area contributed by atoms with E-state index in [2.05, 4.69) is 15.4 Å². The molecule has 7 nitrogen and oxygen atoms in total. The van der Waals surface area contributed by atoms with Crippen molar-refractivity contribution in [3.8, 4) is 0 Å². The Morgan fingerprint density at radius 1 is 1.21 bits per heavy atom. The number of anilines is 1. The number of benzene rings is 1. The standard InChI is InChI=1S/C21H24N4O3/c1-5-16-14(4)20(15-8-6-7-9-17(15)23-16)21(27)28-12-19(26)24-18-10-11-22-25(18)13(2)3/h6-11,13H,5,12H2,1-4H3,(H,24,26). The molecule has 1 amide bonds. The molecule has 7 heteroatoms.